The van der Waals surface area contributed by atoms with Crippen LogP contribution in [0.2, 0.25) is 5.02 Å². The van der Waals surface area contributed by atoms with Crippen molar-refractivity contribution in [3.8, 4) is 0 Å². The standard InChI is InChI=1S/C21H32ClN3O/c1-15(2)13-25(17-8-9-20(23)19(22)12-17)18-10-11-24(14-18)21(26)16-6-4-3-5-7-16/h8-9,12,15-16,18H,3-7,10-11,13-14,23H2,1-2H3. The van der Waals surface area contributed by atoms with E-state index in [4.69, 9.17) is 17.3 Å². The van der Waals surface area contributed by atoms with Crippen molar-refractivity contribution in [2.75, 3.05) is 30.3 Å². The topological polar surface area (TPSA) is 49.6 Å². The van der Waals surface area contributed by atoms with Gasteiger partial charge >= 0.3 is 0 Å². The minimum Gasteiger partial charge on any atom is -0.398 e. The largest absolute Gasteiger partial charge is 0.398 e. The summed E-state index contributed by atoms with van der Waals surface area (Å²) in [6.07, 6.45) is 6.86. The lowest BCUT2D eigenvalue weighted by molar-refractivity contribution is -0.135. The van der Waals surface area contributed by atoms with Crippen LogP contribution in [0.25, 0.3) is 0 Å². The third kappa shape index (κ3) is 4.46. The summed E-state index contributed by atoms with van der Waals surface area (Å²) in [5.41, 5.74) is 7.60. The highest BCUT2D eigenvalue weighted by Crippen LogP contribution is 2.31. The number of carbonyl (C=O) groups is 1. The van der Waals surface area contributed by atoms with E-state index in [9.17, 15) is 4.79 Å². The van der Waals surface area contributed by atoms with Gasteiger partial charge in [-0.25, -0.2) is 0 Å². The van der Waals surface area contributed by atoms with Gasteiger partial charge in [-0.3, -0.25) is 4.79 Å². The zero-order valence-corrected chi connectivity index (χ0v) is 16.8. The van der Waals surface area contributed by atoms with E-state index in [-0.39, 0.29) is 5.92 Å². The lowest BCUT2D eigenvalue weighted by atomic mass is 9.88. The molecule has 1 saturated carbocycles. The summed E-state index contributed by atoms with van der Waals surface area (Å²) in [7, 11) is 0. The smallest absolute Gasteiger partial charge is 0.225 e. The molecule has 1 heterocycles. The highest BCUT2D eigenvalue weighted by Gasteiger charge is 2.34. The van der Waals surface area contributed by atoms with E-state index >= 15 is 0 Å². The number of rotatable bonds is 5. The van der Waals surface area contributed by atoms with E-state index in [0.29, 0.717) is 28.6 Å². The molecule has 1 unspecified atom stereocenters. The molecule has 0 radical (unpaired) electrons. The molecule has 1 aliphatic carbocycles. The molecule has 2 fully saturated rings. The zero-order valence-electron chi connectivity index (χ0n) is 16.1. The summed E-state index contributed by atoms with van der Waals surface area (Å²) in [5, 5.41) is 0.601. The average molecular weight is 378 g/mol. The van der Waals surface area contributed by atoms with Crippen molar-refractivity contribution in [1.82, 2.24) is 4.90 Å². The van der Waals surface area contributed by atoms with Crippen LogP contribution in [-0.2, 0) is 4.79 Å². The van der Waals surface area contributed by atoms with Crippen LogP contribution in [0.1, 0.15) is 52.4 Å². The first-order chi connectivity index (χ1) is 12.5. The van der Waals surface area contributed by atoms with Crippen molar-refractivity contribution in [1.29, 1.82) is 0 Å². The molecular weight excluding hydrogens is 346 g/mol. The van der Waals surface area contributed by atoms with Crippen LogP contribution in [0.4, 0.5) is 11.4 Å². The number of nitrogens with zero attached hydrogens (tertiary/aromatic N) is 2. The molecule has 2 aliphatic rings. The number of hydrogen-bond acceptors (Lipinski definition) is 3. The van der Waals surface area contributed by atoms with Gasteiger partial charge < -0.3 is 15.5 Å². The first-order valence-corrected chi connectivity index (χ1v) is 10.4. The van der Waals surface area contributed by atoms with E-state index in [1.165, 1.54) is 19.3 Å². The Morgan fingerprint density at radius 2 is 2.00 bits per heavy atom. The number of likely N-dealkylation sites (tertiary alicyclic amines) is 1. The van der Waals surface area contributed by atoms with Crippen molar-refractivity contribution < 1.29 is 4.79 Å². The minimum absolute atomic E-state index is 0.256. The Balaban J connectivity index is 1.71. The second-order valence-corrected chi connectivity index (χ2v) is 8.72. The van der Waals surface area contributed by atoms with Gasteiger partial charge in [0.15, 0.2) is 0 Å². The number of halogens is 1. The molecule has 1 amide bonds. The van der Waals surface area contributed by atoms with E-state index in [2.05, 4.69) is 29.7 Å². The SMILES string of the molecule is CC(C)CN(c1ccc(N)c(Cl)c1)C1CCN(C(=O)C2CCCCC2)C1. The molecule has 0 aromatic heterocycles. The summed E-state index contributed by atoms with van der Waals surface area (Å²) in [6.45, 7) is 7.11. The van der Waals surface area contributed by atoms with E-state index < -0.39 is 0 Å². The summed E-state index contributed by atoms with van der Waals surface area (Å²) in [5.74, 6) is 1.17. The molecule has 0 bridgehead atoms. The molecule has 1 aromatic rings. The van der Waals surface area contributed by atoms with Crippen LogP contribution in [0, 0.1) is 11.8 Å². The van der Waals surface area contributed by atoms with Crippen molar-refractivity contribution in [2.45, 2.75) is 58.4 Å². The third-order valence-electron chi connectivity index (χ3n) is 5.75. The van der Waals surface area contributed by atoms with Gasteiger partial charge in [0.05, 0.1) is 10.7 Å². The van der Waals surface area contributed by atoms with Gasteiger partial charge in [0.25, 0.3) is 0 Å². The maximum absolute atomic E-state index is 12.9. The second-order valence-electron chi connectivity index (χ2n) is 8.31. The molecule has 1 saturated heterocycles. The Morgan fingerprint density at radius 1 is 1.27 bits per heavy atom. The predicted octanol–water partition coefficient (Wildman–Crippen LogP) is 4.57. The van der Waals surface area contributed by atoms with Crippen LogP contribution >= 0.6 is 11.6 Å². The number of hydrogen-bond donors (Lipinski definition) is 1. The van der Waals surface area contributed by atoms with Crippen LogP contribution in [0.15, 0.2) is 18.2 Å². The highest BCUT2D eigenvalue weighted by atomic mass is 35.5. The summed E-state index contributed by atoms with van der Waals surface area (Å²) < 4.78 is 0. The molecule has 0 spiro atoms. The van der Waals surface area contributed by atoms with Crippen molar-refractivity contribution in [2.24, 2.45) is 11.8 Å². The molecular formula is C21H32ClN3O. The lowest BCUT2D eigenvalue weighted by Gasteiger charge is -2.33. The highest BCUT2D eigenvalue weighted by molar-refractivity contribution is 6.33. The molecule has 26 heavy (non-hydrogen) atoms. The van der Waals surface area contributed by atoms with Gasteiger partial charge in [-0.15, -0.1) is 0 Å². The third-order valence-corrected chi connectivity index (χ3v) is 6.08. The molecule has 144 valence electrons. The molecule has 5 heteroatoms. The second kappa shape index (κ2) is 8.51. The number of benzene rings is 1. The van der Waals surface area contributed by atoms with E-state index in [0.717, 1.165) is 44.6 Å². The maximum Gasteiger partial charge on any atom is 0.225 e. The van der Waals surface area contributed by atoms with Crippen LogP contribution < -0.4 is 10.6 Å². The Bertz CT molecular complexity index is 628. The number of nitrogens with two attached hydrogens (primary N) is 1. The maximum atomic E-state index is 12.9. The zero-order chi connectivity index (χ0) is 18.7. The average Bonchev–Trinajstić information content (AvgIpc) is 3.12. The molecule has 1 aromatic carbocycles. The van der Waals surface area contributed by atoms with Gasteiger partial charge in [-0.05, 0) is 43.4 Å². The molecule has 1 aliphatic heterocycles. The molecule has 4 nitrogen and oxygen atoms in total. The van der Waals surface area contributed by atoms with Crippen molar-refractivity contribution in [3.63, 3.8) is 0 Å². The Kier molecular flexibility index (Phi) is 6.33. The summed E-state index contributed by atoms with van der Waals surface area (Å²) in [6, 6.07) is 6.25. The lowest BCUT2D eigenvalue weighted by Crippen LogP contribution is -2.42. The predicted molar refractivity (Wildman–Crippen MR) is 110 cm³/mol. The fraction of sp³-hybridized carbons (Fsp3) is 0.667. The molecule has 3 rings (SSSR count). The monoisotopic (exact) mass is 377 g/mol. The van der Waals surface area contributed by atoms with Gasteiger partial charge in [0, 0.05) is 37.3 Å². The Labute approximate surface area is 162 Å². The fourth-order valence-corrected chi connectivity index (χ4v) is 4.53. The van der Waals surface area contributed by atoms with Crippen LogP contribution in [-0.4, -0.2) is 36.5 Å². The molecule has 2 N–H and O–H groups in total. The quantitative estimate of drug-likeness (QED) is 0.765. The minimum atomic E-state index is 0.256. The summed E-state index contributed by atoms with van der Waals surface area (Å²) >= 11 is 6.27. The Morgan fingerprint density at radius 3 is 2.65 bits per heavy atom. The Hall–Kier alpha value is -1.42. The first kappa shape index (κ1) is 19.3. The number of nitrogen functional groups attached to an aromatic ring is 1. The summed E-state index contributed by atoms with van der Waals surface area (Å²) in [4.78, 5) is 17.4. The number of carbonyl (C=O) groups excluding carboxylic acids is 1. The number of anilines is 2. The van der Waals surface area contributed by atoms with E-state index in [1.54, 1.807) is 0 Å². The van der Waals surface area contributed by atoms with Gasteiger partial charge in [-0.1, -0.05) is 44.7 Å². The van der Waals surface area contributed by atoms with Crippen molar-refractivity contribution in [3.05, 3.63) is 23.2 Å². The molecule has 1 atom stereocenters. The van der Waals surface area contributed by atoms with E-state index in [1.807, 2.05) is 12.1 Å². The first-order valence-electron chi connectivity index (χ1n) is 10.1. The van der Waals surface area contributed by atoms with Gasteiger partial charge in [0.1, 0.15) is 0 Å². The fourth-order valence-electron chi connectivity index (χ4n) is 4.36. The van der Waals surface area contributed by atoms with Gasteiger partial charge in [-0.2, -0.15) is 0 Å². The van der Waals surface area contributed by atoms with Crippen LogP contribution in [0.3, 0.4) is 0 Å². The van der Waals surface area contributed by atoms with Gasteiger partial charge in [0.2, 0.25) is 5.91 Å². The van der Waals surface area contributed by atoms with Crippen molar-refractivity contribution >= 4 is 28.9 Å². The normalized spacial score (nSPS) is 21.4. The number of amides is 1. The van der Waals surface area contributed by atoms with Crippen LogP contribution in [0.5, 0.6) is 0 Å².